The Balaban J connectivity index is 2.58. The molecule has 1 aliphatic heterocycles. The van der Waals surface area contributed by atoms with E-state index >= 15 is 0 Å². The number of nitrogens with one attached hydrogen (secondary N) is 1. The lowest BCUT2D eigenvalue weighted by atomic mass is 10.1. The largest absolute Gasteiger partial charge is 0.380 e. The highest BCUT2D eigenvalue weighted by molar-refractivity contribution is 5.84. The number of ether oxygens (including phenoxy) is 1. The maximum Gasteiger partial charge on any atom is 0.241 e. The first-order valence-corrected chi connectivity index (χ1v) is 7.24. The van der Waals surface area contributed by atoms with Gasteiger partial charge in [0, 0.05) is 13.2 Å². The molecule has 1 N–H and O–H groups in total. The highest BCUT2D eigenvalue weighted by Crippen LogP contribution is 2.19. The minimum absolute atomic E-state index is 0.0142. The van der Waals surface area contributed by atoms with Gasteiger partial charge in [-0.2, -0.15) is 0 Å². The molecule has 0 saturated carbocycles. The monoisotopic (exact) mass is 256 g/mol. The number of carbonyl (C=O) groups is 1. The van der Waals surface area contributed by atoms with Gasteiger partial charge in [-0.1, -0.05) is 27.2 Å². The van der Waals surface area contributed by atoms with E-state index in [1.807, 2.05) is 11.8 Å². The van der Waals surface area contributed by atoms with Crippen LogP contribution in [0.15, 0.2) is 0 Å². The fraction of sp³-hybridized carbons (Fsp3) is 0.929. The van der Waals surface area contributed by atoms with Crippen LogP contribution >= 0.6 is 0 Å². The maximum absolute atomic E-state index is 12.3. The third-order valence-electron chi connectivity index (χ3n) is 3.30. The van der Waals surface area contributed by atoms with Gasteiger partial charge < -0.3 is 9.64 Å². The van der Waals surface area contributed by atoms with Gasteiger partial charge in [0.2, 0.25) is 5.91 Å². The summed E-state index contributed by atoms with van der Waals surface area (Å²) in [5, 5.41) is 3.47. The van der Waals surface area contributed by atoms with Crippen LogP contribution in [0.25, 0.3) is 0 Å². The maximum atomic E-state index is 12.3. The fourth-order valence-corrected chi connectivity index (χ4v) is 2.46. The quantitative estimate of drug-likeness (QED) is 0.675. The second kappa shape index (κ2) is 7.74. The molecule has 0 aromatic rings. The highest BCUT2D eigenvalue weighted by atomic mass is 16.5. The Morgan fingerprint density at radius 1 is 1.39 bits per heavy atom. The summed E-state index contributed by atoms with van der Waals surface area (Å²) in [5.41, 5.74) is 0. The van der Waals surface area contributed by atoms with Gasteiger partial charge in [0.1, 0.15) is 0 Å². The second-order valence-electron chi connectivity index (χ2n) is 5.38. The van der Waals surface area contributed by atoms with Gasteiger partial charge in [-0.05, 0) is 25.7 Å². The zero-order valence-electron chi connectivity index (χ0n) is 12.2. The third kappa shape index (κ3) is 4.25. The van der Waals surface area contributed by atoms with E-state index in [1.165, 1.54) is 0 Å². The lowest BCUT2D eigenvalue weighted by Gasteiger charge is -2.25. The summed E-state index contributed by atoms with van der Waals surface area (Å²) in [7, 11) is 0. The van der Waals surface area contributed by atoms with Crippen LogP contribution in [0, 0.1) is 5.92 Å². The normalized spacial score (nSPS) is 24.3. The molecule has 0 aliphatic carbocycles. The Labute approximate surface area is 111 Å². The molecule has 18 heavy (non-hydrogen) atoms. The Bertz CT molecular complexity index is 256. The minimum Gasteiger partial charge on any atom is -0.380 e. The van der Waals surface area contributed by atoms with Crippen molar-refractivity contribution in [2.24, 2.45) is 5.92 Å². The van der Waals surface area contributed by atoms with Crippen molar-refractivity contribution < 1.29 is 9.53 Å². The molecule has 0 bridgehead atoms. The molecule has 1 amide bonds. The molecule has 1 saturated heterocycles. The topological polar surface area (TPSA) is 41.6 Å². The summed E-state index contributed by atoms with van der Waals surface area (Å²) in [6, 6.07) is 0.0142. The first-order chi connectivity index (χ1) is 8.60. The third-order valence-corrected chi connectivity index (χ3v) is 3.30. The van der Waals surface area contributed by atoms with E-state index in [2.05, 4.69) is 26.1 Å². The molecule has 1 rings (SSSR count). The second-order valence-corrected chi connectivity index (χ2v) is 5.38. The van der Waals surface area contributed by atoms with Crippen LogP contribution in [0.4, 0.5) is 0 Å². The van der Waals surface area contributed by atoms with Crippen LogP contribution in [0.1, 0.15) is 47.0 Å². The molecule has 2 atom stereocenters. The van der Waals surface area contributed by atoms with Gasteiger partial charge in [-0.3, -0.25) is 10.1 Å². The van der Waals surface area contributed by atoms with Gasteiger partial charge >= 0.3 is 0 Å². The molecular weight excluding hydrogens is 228 g/mol. The molecule has 0 aromatic heterocycles. The molecule has 1 aliphatic rings. The Morgan fingerprint density at radius 3 is 2.67 bits per heavy atom. The summed E-state index contributed by atoms with van der Waals surface area (Å²) in [6.45, 7) is 10.5. The summed E-state index contributed by atoms with van der Waals surface area (Å²) in [4.78, 5) is 14.3. The van der Waals surface area contributed by atoms with Crippen molar-refractivity contribution in [3.8, 4) is 0 Å². The van der Waals surface area contributed by atoms with Crippen LogP contribution in [-0.4, -0.2) is 42.8 Å². The number of rotatable bonds is 8. The molecule has 1 heterocycles. The Kier molecular flexibility index (Phi) is 6.65. The molecule has 106 valence electrons. The SMILES string of the molecule is CCCC1NC(CC(C)C)N(CCOCC)C1=O. The standard InChI is InChI=1S/C14H28N2O2/c1-5-7-12-14(17)16(8-9-18-6-2)13(15-12)10-11(3)4/h11-13,15H,5-10H2,1-4H3. The molecule has 0 radical (unpaired) electrons. The van der Waals surface area contributed by atoms with E-state index in [0.29, 0.717) is 25.7 Å². The summed E-state index contributed by atoms with van der Waals surface area (Å²) in [6.07, 6.45) is 3.17. The summed E-state index contributed by atoms with van der Waals surface area (Å²) >= 11 is 0. The van der Waals surface area contributed by atoms with Crippen molar-refractivity contribution in [3.05, 3.63) is 0 Å². The average Bonchev–Trinajstić information content (AvgIpc) is 2.57. The summed E-state index contributed by atoms with van der Waals surface area (Å²) in [5.74, 6) is 0.840. The van der Waals surface area contributed by atoms with E-state index in [1.54, 1.807) is 0 Å². The predicted molar refractivity (Wildman–Crippen MR) is 73.3 cm³/mol. The lowest BCUT2D eigenvalue weighted by Crippen LogP contribution is -2.40. The molecular formula is C14H28N2O2. The van der Waals surface area contributed by atoms with Crippen LogP contribution in [0.5, 0.6) is 0 Å². The van der Waals surface area contributed by atoms with Gasteiger partial charge in [-0.25, -0.2) is 0 Å². The Morgan fingerprint density at radius 2 is 2.11 bits per heavy atom. The first kappa shape index (κ1) is 15.4. The van der Waals surface area contributed by atoms with E-state index in [9.17, 15) is 4.79 Å². The molecule has 4 heteroatoms. The van der Waals surface area contributed by atoms with Crippen LogP contribution in [0.3, 0.4) is 0 Å². The fourth-order valence-electron chi connectivity index (χ4n) is 2.46. The van der Waals surface area contributed by atoms with Crippen molar-refractivity contribution in [2.45, 2.75) is 59.2 Å². The number of nitrogens with zero attached hydrogens (tertiary/aromatic N) is 1. The number of hydrogen-bond donors (Lipinski definition) is 1. The van der Waals surface area contributed by atoms with Gasteiger partial charge in [0.15, 0.2) is 0 Å². The van der Waals surface area contributed by atoms with Crippen LogP contribution < -0.4 is 5.32 Å². The van der Waals surface area contributed by atoms with Crippen LogP contribution in [0.2, 0.25) is 0 Å². The average molecular weight is 256 g/mol. The van der Waals surface area contributed by atoms with Gasteiger partial charge in [-0.15, -0.1) is 0 Å². The van der Waals surface area contributed by atoms with E-state index in [4.69, 9.17) is 4.74 Å². The lowest BCUT2D eigenvalue weighted by molar-refractivity contribution is -0.131. The molecule has 4 nitrogen and oxygen atoms in total. The number of hydrogen-bond acceptors (Lipinski definition) is 3. The van der Waals surface area contributed by atoms with E-state index < -0.39 is 0 Å². The van der Waals surface area contributed by atoms with Crippen molar-refractivity contribution in [2.75, 3.05) is 19.8 Å². The summed E-state index contributed by atoms with van der Waals surface area (Å²) < 4.78 is 5.37. The molecule has 2 unspecified atom stereocenters. The van der Waals surface area contributed by atoms with Crippen molar-refractivity contribution in [1.82, 2.24) is 10.2 Å². The van der Waals surface area contributed by atoms with E-state index in [0.717, 1.165) is 19.3 Å². The number of amides is 1. The Hall–Kier alpha value is -0.610. The van der Waals surface area contributed by atoms with Crippen molar-refractivity contribution >= 4 is 5.91 Å². The first-order valence-electron chi connectivity index (χ1n) is 7.24. The minimum atomic E-state index is 0.0142. The van der Waals surface area contributed by atoms with Crippen molar-refractivity contribution in [1.29, 1.82) is 0 Å². The van der Waals surface area contributed by atoms with Gasteiger partial charge in [0.05, 0.1) is 18.8 Å². The van der Waals surface area contributed by atoms with Gasteiger partial charge in [0.25, 0.3) is 0 Å². The zero-order chi connectivity index (χ0) is 13.5. The van der Waals surface area contributed by atoms with Crippen molar-refractivity contribution in [3.63, 3.8) is 0 Å². The van der Waals surface area contributed by atoms with E-state index in [-0.39, 0.29) is 18.1 Å². The highest BCUT2D eigenvalue weighted by Gasteiger charge is 2.37. The number of carbonyl (C=O) groups excluding carboxylic acids is 1. The molecule has 1 fully saturated rings. The zero-order valence-corrected chi connectivity index (χ0v) is 12.2. The smallest absolute Gasteiger partial charge is 0.241 e. The predicted octanol–water partition coefficient (Wildman–Crippen LogP) is 2.00. The van der Waals surface area contributed by atoms with Crippen LogP contribution in [-0.2, 0) is 9.53 Å². The molecule has 0 aromatic carbocycles. The molecule has 0 spiro atoms.